The van der Waals surface area contributed by atoms with Crippen LogP contribution in [0.2, 0.25) is 0 Å². The minimum absolute atomic E-state index is 0.157. The van der Waals surface area contributed by atoms with Crippen LogP contribution in [0.5, 0.6) is 0 Å². The number of para-hydroxylation sites is 1. The van der Waals surface area contributed by atoms with Crippen LogP contribution in [-0.4, -0.2) is 29.1 Å². The van der Waals surface area contributed by atoms with Crippen LogP contribution in [0.25, 0.3) is 0 Å². The molecule has 1 aromatic carbocycles. The van der Waals surface area contributed by atoms with Gasteiger partial charge in [0.15, 0.2) is 0 Å². The third-order valence-electron chi connectivity index (χ3n) is 3.99. The first-order valence-corrected chi connectivity index (χ1v) is 8.64. The normalized spacial score (nSPS) is 23.9. The van der Waals surface area contributed by atoms with E-state index in [2.05, 4.69) is 80.9 Å². The summed E-state index contributed by atoms with van der Waals surface area (Å²) in [5.74, 6) is 1.23. The molecule has 0 radical (unpaired) electrons. The smallest absolute Gasteiger partial charge is 0.0414 e. The molecule has 1 N–H and O–H groups in total. The summed E-state index contributed by atoms with van der Waals surface area (Å²) in [5.41, 5.74) is 2.97. The predicted octanol–water partition coefficient (Wildman–Crippen LogP) is 3.90. The molecule has 20 heavy (non-hydrogen) atoms. The van der Waals surface area contributed by atoms with Crippen molar-refractivity contribution in [2.45, 2.75) is 58.0 Å². The SMILES string of the molecule is CC1SCCN(c2ccccc2CNC(C)(C)C)C1C. The standard InChI is InChI=1S/C17H28N2S/c1-13-14(2)20-11-10-19(13)16-9-7-6-8-15(16)12-18-17(3,4)5/h6-9,13-14,18H,10-12H2,1-5H3. The van der Waals surface area contributed by atoms with E-state index < -0.39 is 0 Å². The van der Waals surface area contributed by atoms with E-state index in [0.29, 0.717) is 11.3 Å². The second-order valence-corrected chi connectivity index (χ2v) is 8.23. The minimum atomic E-state index is 0.157. The van der Waals surface area contributed by atoms with Crippen LogP contribution >= 0.6 is 11.8 Å². The highest BCUT2D eigenvalue weighted by molar-refractivity contribution is 8.00. The van der Waals surface area contributed by atoms with Crippen molar-refractivity contribution in [2.24, 2.45) is 0 Å². The predicted molar refractivity (Wildman–Crippen MR) is 91.8 cm³/mol. The zero-order valence-electron chi connectivity index (χ0n) is 13.4. The molecule has 112 valence electrons. The Labute approximate surface area is 128 Å². The van der Waals surface area contributed by atoms with Crippen molar-refractivity contribution in [3.05, 3.63) is 29.8 Å². The van der Waals surface area contributed by atoms with Crippen molar-refractivity contribution in [3.63, 3.8) is 0 Å². The minimum Gasteiger partial charge on any atom is -0.367 e. The van der Waals surface area contributed by atoms with E-state index in [1.165, 1.54) is 17.0 Å². The Morgan fingerprint density at radius 1 is 1.25 bits per heavy atom. The summed E-state index contributed by atoms with van der Waals surface area (Å²) < 4.78 is 0. The summed E-state index contributed by atoms with van der Waals surface area (Å²) in [6.45, 7) is 13.4. The van der Waals surface area contributed by atoms with E-state index in [1.54, 1.807) is 0 Å². The molecule has 1 saturated heterocycles. The lowest BCUT2D eigenvalue weighted by Gasteiger charge is -2.40. The number of nitrogens with zero attached hydrogens (tertiary/aromatic N) is 1. The van der Waals surface area contributed by atoms with Crippen LogP contribution in [0.4, 0.5) is 5.69 Å². The number of thioether (sulfide) groups is 1. The average molecular weight is 292 g/mol. The van der Waals surface area contributed by atoms with Gasteiger partial charge in [0.05, 0.1) is 0 Å². The van der Waals surface area contributed by atoms with Crippen molar-refractivity contribution in [2.75, 3.05) is 17.2 Å². The zero-order chi connectivity index (χ0) is 14.8. The van der Waals surface area contributed by atoms with Gasteiger partial charge in [-0.1, -0.05) is 25.1 Å². The van der Waals surface area contributed by atoms with Crippen molar-refractivity contribution in [3.8, 4) is 0 Å². The second-order valence-electron chi connectivity index (χ2n) is 6.74. The molecule has 1 aliphatic rings. The van der Waals surface area contributed by atoms with Gasteiger partial charge in [-0.25, -0.2) is 0 Å². The lowest BCUT2D eigenvalue weighted by atomic mass is 10.1. The van der Waals surface area contributed by atoms with Crippen LogP contribution < -0.4 is 10.2 Å². The first-order valence-electron chi connectivity index (χ1n) is 7.59. The van der Waals surface area contributed by atoms with Crippen molar-refractivity contribution in [1.29, 1.82) is 0 Å². The Balaban J connectivity index is 2.18. The van der Waals surface area contributed by atoms with E-state index in [0.717, 1.165) is 13.1 Å². The molecule has 0 aromatic heterocycles. The molecule has 3 heteroatoms. The van der Waals surface area contributed by atoms with Crippen molar-refractivity contribution in [1.82, 2.24) is 5.32 Å². The molecule has 1 aromatic rings. The topological polar surface area (TPSA) is 15.3 Å². The highest BCUT2D eigenvalue weighted by Crippen LogP contribution is 2.31. The number of hydrogen-bond donors (Lipinski definition) is 1. The fourth-order valence-corrected chi connectivity index (χ4v) is 3.67. The molecule has 0 saturated carbocycles. The number of anilines is 1. The van der Waals surface area contributed by atoms with Crippen LogP contribution in [0.15, 0.2) is 24.3 Å². The molecular formula is C17H28N2S. The molecule has 2 atom stereocenters. The van der Waals surface area contributed by atoms with Gasteiger partial charge in [-0.15, -0.1) is 0 Å². The quantitative estimate of drug-likeness (QED) is 0.909. The van der Waals surface area contributed by atoms with Crippen LogP contribution in [0.1, 0.15) is 40.2 Å². The van der Waals surface area contributed by atoms with Crippen LogP contribution in [0, 0.1) is 0 Å². The van der Waals surface area contributed by atoms with E-state index >= 15 is 0 Å². The lowest BCUT2D eigenvalue weighted by molar-refractivity contribution is 0.424. The molecule has 1 heterocycles. The van der Waals surface area contributed by atoms with Gasteiger partial charge in [0.1, 0.15) is 0 Å². The summed E-state index contributed by atoms with van der Waals surface area (Å²) in [6, 6.07) is 9.45. The highest BCUT2D eigenvalue weighted by Gasteiger charge is 2.26. The van der Waals surface area contributed by atoms with Crippen LogP contribution in [-0.2, 0) is 6.54 Å². The molecule has 0 amide bonds. The van der Waals surface area contributed by atoms with Gasteiger partial charge >= 0.3 is 0 Å². The average Bonchev–Trinajstić information content (AvgIpc) is 2.39. The van der Waals surface area contributed by atoms with Gasteiger partial charge in [-0.3, -0.25) is 0 Å². The molecular weight excluding hydrogens is 264 g/mol. The Kier molecular flexibility index (Phi) is 5.03. The van der Waals surface area contributed by atoms with Crippen LogP contribution in [0.3, 0.4) is 0 Å². The summed E-state index contributed by atoms with van der Waals surface area (Å²) in [7, 11) is 0. The van der Waals surface area contributed by atoms with Gasteiger partial charge in [0.25, 0.3) is 0 Å². The number of hydrogen-bond acceptors (Lipinski definition) is 3. The zero-order valence-corrected chi connectivity index (χ0v) is 14.3. The molecule has 0 bridgehead atoms. The summed E-state index contributed by atoms with van der Waals surface area (Å²) in [6.07, 6.45) is 0. The van der Waals surface area contributed by atoms with Crippen molar-refractivity contribution < 1.29 is 0 Å². The molecule has 2 unspecified atom stereocenters. The summed E-state index contributed by atoms with van der Waals surface area (Å²) in [5, 5.41) is 4.31. The fourth-order valence-electron chi connectivity index (χ4n) is 2.57. The van der Waals surface area contributed by atoms with Gasteiger partial charge in [-0.2, -0.15) is 11.8 Å². The number of nitrogens with one attached hydrogen (secondary N) is 1. The summed E-state index contributed by atoms with van der Waals surface area (Å²) >= 11 is 2.09. The summed E-state index contributed by atoms with van der Waals surface area (Å²) in [4.78, 5) is 2.58. The number of benzene rings is 1. The fraction of sp³-hybridized carbons (Fsp3) is 0.647. The Hall–Kier alpha value is -0.670. The maximum Gasteiger partial charge on any atom is 0.0414 e. The van der Waals surface area contributed by atoms with E-state index in [-0.39, 0.29) is 5.54 Å². The van der Waals surface area contributed by atoms with Gasteiger partial charge in [-0.05, 0) is 39.3 Å². The monoisotopic (exact) mass is 292 g/mol. The molecule has 2 rings (SSSR count). The Bertz CT molecular complexity index is 439. The molecule has 0 spiro atoms. The van der Waals surface area contributed by atoms with Gasteiger partial charge in [0.2, 0.25) is 0 Å². The third kappa shape index (κ3) is 3.92. The highest BCUT2D eigenvalue weighted by atomic mass is 32.2. The third-order valence-corrected chi connectivity index (χ3v) is 5.33. The lowest BCUT2D eigenvalue weighted by Crippen LogP contribution is -2.45. The van der Waals surface area contributed by atoms with Gasteiger partial charge in [0, 0.05) is 41.4 Å². The van der Waals surface area contributed by atoms with E-state index in [1.807, 2.05) is 0 Å². The number of rotatable bonds is 3. The molecule has 2 nitrogen and oxygen atoms in total. The second kappa shape index (κ2) is 6.40. The molecule has 1 aliphatic heterocycles. The van der Waals surface area contributed by atoms with Crippen molar-refractivity contribution >= 4 is 17.4 Å². The Morgan fingerprint density at radius 3 is 2.65 bits per heavy atom. The molecule has 0 aliphatic carbocycles. The maximum atomic E-state index is 3.61. The Morgan fingerprint density at radius 2 is 1.95 bits per heavy atom. The first-order chi connectivity index (χ1) is 9.38. The largest absolute Gasteiger partial charge is 0.367 e. The van der Waals surface area contributed by atoms with E-state index in [4.69, 9.17) is 0 Å². The molecule has 1 fully saturated rings. The van der Waals surface area contributed by atoms with E-state index in [9.17, 15) is 0 Å². The maximum absolute atomic E-state index is 3.61. The first kappa shape index (κ1) is 15.7. The van der Waals surface area contributed by atoms with Gasteiger partial charge < -0.3 is 10.2 Å².